The number of aromatic nitrogens is 6. The lowest BCUT2D eigenvalue weighted by Gasteiger charge is -2.18. The van der Waals surface area contributed by atoms with Crippen LogP contribution in [0, 0.1) is 11.3 Å². The minimum atomic E-state index is -0.610. The molecule has 1 N–H and O–H groups in total. The first kappa shape index (κ1) is 22.4. The maximum Gasteiger partial charge on any atom is 0.289 e. The van der Waals surface area contributed by atoms with Crippen molar-refractivity contribution in [1.82, 2.24) is 34.6 Å². The molecule has 0 spiro atoms. The van der Waals surface area contributed by atoms with Crippen molar-refractivity contribution in [3.05, 3.63) is 70.9 Å². The Bertz CT molecular complexity index is 1510. The predicted molar refractivity (Wildman–Crippen MR) is 128 cm³/mol. The fraction of sp³-hybridized carbons (Fsp3) is 0.320. The van der Waals surface area contributed by atoms with Crippen molar-refractivity contribution < 1.29 is 4.79 Å². The molecule has 5 rings (SSSR count). The van der Waals surface area contributed by atoms with Gasteiger partial charge in [-0.2, -0.15) is 10.4 Å². The van der Waals surface area contributed by atoms with Crippen molar-refractivity contribution in [2.24, 2.45) is 0 Å². The van der Waals surface area contributed by atoms with E-state index >= 15 is 0 Å². The molecule has 3 heterocycles. The van der Waals surface area contributed by atoms with Gasteiger partial charge in [0.25, 0.3) is 11.5 Å². The quantitative estimate of drug-likeness (QED) is 0.441. The molecule has 0 radical (unpaired) electrons. The van der Waals surface area contributed by atoms with Crippen molar-refractivity contribution in [2.75, 3.05) is 0 Å². The number of hydrogen-bond donors (Lipinski definition) is 1. The Morgan fingerprint density at radius 3 is 2.69 bits per heavy atom. The van der Waals surface area contributed by atoms with Gasteiger partial charge in [0, 0.05) is 18.9 Å². The summed E-state index contributed by atoms with van der Waals surface area (Å²) in [5.74, 6) is -0.223. The highest BCUT2D eigenvalue weighted by Crippen LogP contribution is 2.46. The maximum atomic E-state index is 13.0. The number of nitriles is 1. The van der Waals surface area contributed by atoms with Crippen LogP contribution >= 0.6 is 0 Å². The van der Waals surface area contributed by atoms with Crippen LogP contribution < -0.4 is 10.9 Å². The van der Waals surface area contributed by atoms with Gasteiger partial charge < -0.3 is 5.32 Å². The zero-order valence-electron chi connectivity index (χ0n) is 19.5. The van der Waals surface area contributed by atoms with Gasteiger partial charge in [-0.3, -0.25) is 14.2 Å². The van der Waals surface area contributed by atoms with Crippen LogP contribution in [0.1, 0.15) is 55.3 Å². The van der Waals surface area contributed by atoms with Crippen molar-refractivity contribution in [1.29, 1.82) is 5.26 Å². The van der Waals surface area contributed by atoms with E-state index in [0.717, 1.165) is 36.8 Å². The van der Waals surface area contributed by atoms with E-state index in [2.05, 4.69) is 38.4 Å². The number of carbonyl (C=O) groups is 1. The average Bonchev–Trinajstić information content (AvgIpc) is 3.56. The smallest absolute Gasteiger partial charge is 0.289 e. The molecule has 1 aromatic carbocycles. The predicted octanol–water partition coefficient (Wildman–Crippen LogP) is 2.96. The fourth-order valence-corrected chi connectivity index (χ4v) is 4.17. The molecule has 35 heavy (non-hydrogen) atoms. The number of rotatable bonds is 7. The highest BCUT2D eigenvalue weighted by Gasteiger charge is 2.46. The van der Waals surface area contributed by atoms with E-state index in [9.17, 15) is 9.59 Å². The minimum absolute atomic E-state index is 0.112. The van der Waals surface area contributed by atoms with Gasteiger partial charge in [-0.05, 0) is 37.3 Å². The van der Waals surface area contributed by atoms with E-state index in [1.807, 2.05) is 24.3 Å². The van der Waals surface area contributed by atoms with E-state index in [1.165, 1.54) is 17.1 Å². The van der Waals surface area contributed by atoms with Gasteiger partial charge in [0.2, 0.25) is 5.82 Å². The van der Waals surface area contributed by atoms with Crippen LogP contribution in [-0.2, 0) is 12.1 Å². The molecule has 1 fully saturated rings. The second kappa shape index (κ2) is 8.76. The molecule has 10 nitrogen and oxygen atoms in total. The molecule has 3 aromatic heterocycles. The summed E-state index contributed by atoms with van der Waals surface area (Å²) in [6.45, 7) is 4.42. The van der Waals surface area contributed by atoms with Crippen molar-refractivity contribution in [3.8, 4) is 17.2 Å². The summed E-state index contributed by atoms with van der Waals surface area (Å²) in [4.78, 5) is 38.6. The summed E-state index contributed by atoms with van der Waals surface area (Å²) < 4.78 is 3.10. The second-order valence-corrected chi connectivity index (χ2v) is 8.78. The molecule has 0 bridgehead atoms. The zero-order valence-corrected chi connectivity index (χ0v) is 19.5. The molecule has 0 saturated heterocycles. The Kier molecular flexibility index (Phi) is 5.61. The molecule has 10 heteroatoms. The van der Waals surface area contributed by atoms with Crippen LogP contribution in [0.2, 0.25) is 0 Å². The number of carbonyl (C=O) groups excluding carboxylic acids is 1. The molecule has 1 unspecified atom stereocenters. The molecule has 176 valence electrons. The van der Waals surface area contributed by atoms with Crippen LogP contribution in [0.5, 0.6) is 0 Å². The first-order chi connectivity index (χ1) is 17.0. The molecule has 0 aliphatic heterocycles. The van der Waals surface area contributed by atoms with Gasteiger partial charge in [-0.25, -0.2) is 19.6 Å². The molecule has 1 aliphatic carbocycles. The summed E-state index contributed by atoms with van der Waals surface area (Å²) in [6, 6.07) is 8.95. The number of amides is 1. The third-order valence-corrected chi connectivity index (χ3v) is 6.33. The Morgan fingerprint density at radius 2 is 2.00 bits per heavy atom. The van der Waals surface area contributed by atoms with Crippen LogP contribution in [0.25, 0.3) is 22.2 Å². The first-order valence-electron chi connectivity index (χ1n) is 11.5. The van der Waals surface area contributed by atoms with Crippen molar-refractivity contribution in [3.63, 3.8) is 0 Å². The normalized spacial score (nSPS) is 14.9. The van der Waals surface area contributed by atoms with Gasteiger partial charge >= 0.3 is 0 Å². The third-order valence-electron chi connectivity index (χ3n) is 6.33. The number of aryl methyl sites for hydroxylation is 1. The summed E-state index contributed by atoms with van der Waals surface area (Å²) in [7, 11) is 0. The first-order valence-corrected chi connectivity index (χ1v) is 11.5. The molecule has 4 aromatic rings. The number of nitrogens with zero attached hydrogens (tertiary/aromatic N) is 7. The molecule has 1 saturated carbocycles. The van der Waals surface area contributed by atoms with E-state index in [4.69, 9.17) is 5.26 Å². The van der Waals surface area contributed by atoms with Gasteiger partial charge in [-0.15, -0.1) is 0 Å². The standard InChI is InChI=1S/C25H24N8O2/c1-3-10-33-22-18(13-29-33)12-28-21(30-22)23(34)31-25(8-9-25)19-6-4-17(5-7-19)20-14-27-15-32(24(20)35)16(2)11-26/h4-7,12-16H,3,8-10H2,1-2H3,(H,31,34). The Hall–Kier alpha value is -4.39. The summed E-state index contributed by atoms with van der Waals surface area (Å²) in [6.07, 6.45) is 8.71. The number of hydrogen-bond acceptors (Lipinski definition) is 7. The molecular weight excluding hydrogens is 444 g/mol. The highest BCUT2D eigenvalue weighted by molar-refractivity contribution is 5.93. The van der Waals surface area contributed by atoms with Crippen molar-refractivity contribution >= 4 is 16.9 Å². The van der Waals surface area contributed by atoms with Crippen molar-refractivity contribution in [2.45, 2.75) is 51.2 Å². The topological polar surface area (TPSA) is 131 Å². The lowest BCUT2D eigenvalue weighted by molar-refractivity contribution is 0.0920. The van der Waals surface area contributed by atoms with Crippen LogP contribution in [-0.4, -0.2) is 35.2 Å². The fourth-order valence-electron chi connectivity index (χ4n) is 4.17. The SMILES string of the molecule is CCCn1ncc2cnc(C(=O)NC3(c4ccc(-c5cncn(C(C)C#N)c5=O)cc4)CC3)nc21. The lowest BCUT2D eigenvalue weighted by Crippen LogP contribution is -2.36. The Balaban J connectivity index is 1.38. The Morgan fingerprint density at radius 1 is 1.23 bits per heavy atom. The largest absolute Gasteiger partial charge is 0.340 e. The third kappa shape index (κ3) is 4.05. The van der Waals surface area contributed by atoms with E-state index in [-0.39, 0.29) is 17.3 Å². The highest BCUT2D eigenvalue weighted by atomic mass is 16.2. The summed E-state index contributed by atoms with van der Waals surface area (Å²) >= 11 is 0. The maximum absolute atomic E-state index is 13.0. The second-order valence-electron chi connectivity index (χ2n) is 8.78. The summed E-state index contributed by atoms with van der Waals surface area (Å²) in [5.41, 5.74) is 1.95. The molecule has 1 amide bonds. The monoisotopic (exact) mass is 468 g/mol. The zero-order chi connectivity index (χ0) is 24.6. The summed E-state index contributed by atoms with van der Waals surface area (Å²) in [5, 5.41) is 17.4. The average molecular weight is 469 g/mol. The van der Waals surface area contributed by atoms with Crippen LogP contribution in [0.15, 0.2) is 54.0 Å². The number of fused-ring (bicyclic) bond motifs is 1. The van der Waals surface area contributed by atoms with Gasteiger partial charge in [0.05, 0.1) is 35.1 Å². The van der Waals surface area contributed by atoms with E-state index in [1.54, 1.807) is 24.0 Å². The lowest BCUT2D eigenvalue weighted by atomic mass is 10.0. The van der Waals surface area contributed by atoms with E-state index in [0.29, 0.717) is 16.8 Å². The van der Waals surface area contributed by atoms with Gasteiger partial charge in [0.15, 0.2) is 5.65 Å². The number of benzene rings is 1. The minimum Gasteiger partial charge on any atom is -0.340 e. The number of nitrogens with one attached hydrogen (secondary N) is 1. The molecular formula is C25H24N8O2. The van der Waals surface area contributed by atoms with Gasteiger partial charge in [0.1, 0.15) is 6.04 Å². The molecule has 1 aliphatic rings. The van der Waals surface area contributed by atoms with Crippen LogP contribution in [0.4, 0.5) is 0 Å². The van der Waals surface area contributed by atoms with Gasteiger partial charge in [-0.1, -0.05) is 31.2 Å². The molecule has 1 atom stereocenters. The van der Waals surface area contributed by atoms with E-state index < -0.39 is 11.6 Å². The Labute approximate surface area is 201 Å². The van der Waals surface area contributed by atoms with Crippen LogP contribution in [0.3, 0.4) is 0 Å².